The monoisotopic (exact) mass is 420 g/mol. The highest BCUT2D eigenvalue weighted by Crippen LogP contribution is 2.29. The lowest BCUT2D eigenvalue weighted by Crippen LogP contribution is -2.35. The molecule has 2 rings (SSSR count). The molecule has 29 heavy (non-hydrogen) atoms. The molecule has 8 nitrogen and oxygen atoms in total. The van der Waals surface area contributed by atoms with E-state index in [9.17, 15) is 9.59 Å². The van der Waals surface area contributed by atoms with Crippen LogP contribution in [0.2, 0.25) is 0 Å². The van der Waals surface area contributed by atoms with Gasteiger partial charge in [0.2, 0.25) is 0 Å². The summed E-state index contributed by atoms with van der Waals surface area (Å²) in [6, 6.07) is 4.94. The Kier molecular flexibility index (Phi) is 8.72. The molecule has 0 aliphatic rings. The van der Waals surface area contributed by atoms with Gasteiger partial charge in [-0.3, -0.25) is 4.79 Å². The minimum Gasteiger partial charge on any atom is -0.497 e. The van der Waals surface area contributed by atoms with Gasteiger partial charge in [-0.15, -0.1) is 11.3 Å². The van der Waals surface area contributed by atoms with Gasteiger partial charge in [0.25, 0.3) is 5.91 Å². The average Bonchev–Trinajstić information content (AvgIpc) is 3.20. The van der Waals surface area contributed by atoms with Gasteiger partial charge in [-0.1, -0.05) is 13.8 Å². The van der Waals surface area contributed by atoms with E-state index in [-0.39, 0.29) is 11.9 Å². The summed E-state index contributed by atoms with van der Waals surface area (Å²) in [6.07, 6.45) is 1.66. The van der Waals surface area contributed by atoms with Crippen LogP contribution in [-0.2, 0) is 6.54 Å². The van der Waals surface area contributed by atoms with Crippen molar-refractivity contribution in [3.63, 3.8) is 0 Å². The Morgan fingerprint density at radius 1 is 1.17 bits per heavy atom. The molecule has 2 N–H and O–H groups in total. The van der Waals surface area contributed by atoms with Crippen LogP contribution < -0.4 is 20.1 Å². The van der Waals surface area contributed by atoms with Crippen LogP contribution in [0.15, 0.2) is 23.6 Å². The number of urea groups is 1. The summed E-state index contributed by atoms with van der Waals surface area (Å²) in [4.78, 5) is 30.9. The van der Waals surface area contributed by atoms with Crippen molar-refractivity contribution in [3.05, 3.63) is 34.3 Å². The number of methoxy groups -OCH3 is 2. The number of thiazole rings is 1. The van der Waals surface area contributed by atoms with Crippen LogP contribution in [0, 0.1) is 0 Å². The van der Waals surface area contributed by atoms with E-state index >= 15 is 0 Å². The minimum atomic E-state index is -0.262. The van der Waals surface area contributed by atoms with Crippen molar-refractivity contribution in [2.45, 2.75) is 33.2 Å². The third-order valence-electron chi connectivity index (χ3n) is 4.08. The molecule has 2 aromatic rings. The normalized spacial score (nSPS) is 10.3. The van der Waals surface area contributed by atoms with Crippen molar-refractivity contribution in [1.82, 2.24) is 15.2 Å². The lowest BCUT2D eigenvalue weighted by molar-refractivity contribution is 0.0949. The Morgan fingerprint density at radius 3 is 2.62 bits per heavy atom. The first kappa shape index (κ1) is 22.5. The second-order valence-electron chi connectivity index (χ2n) is 6.30. The van der Waals surface area contributed by atoms with Crippen LogP contribution >= 0.6 is 11.3 Å². The molecule has 3 amide bonds. The van der Waals surface area contributed by atoms with Crippen molar-refractivity contribution in [3.8, 4) is 11.5 Å². The maximum absolute atomic E-state index is 12.8. The van der Waals surface area contributed by atoms with E-state index in [1.54, 1.807) is 35.6 Å². The second kappa shape index (κ2) is 11.3. The average molecular weight is 421 g/mol. The van der Waals surface area contributed by atoms with Crippen LogP contribution in [0.4, 0.5) is 10.5 Å². The molecule has 158 valence electrons. The molecule has 0 atom stereocenters. The van der Waals surface area contributed by atoms with Gasteiger partial charge >= 0.3 is 6.03 Å². The van der Waals surface area contributed by atoms with Gasteiger partial charge in [0, 0.05) is 24.5 Å². The van der Waals surface area contributed by atoms with Crippen LogP contribution in [0.25, 0.3) is 0 Å². The summed E-state index contributed by atoms with van der Waals surface area (Å²) >= 11 is 1.37. The van der Waals surface area contributed by atoms with E-state index in [1.165, 1.54) is 18.4 Å². The SMILES string of the molecule is CCCNC(=O)c1csc(CN(CCC)C(=O)Nc2ccc(OC)cc2OC)n1. The zero-order valence-corrected chi connectivity index (χ0v) is 18.1. The Morgan fingerprint density at radius 2 is 1.97 bits per heavy atom. The largest absolute Gasteiger partial charge is 0.497 e. The molecule has 1 heterocycles. The fourth-order valence-corrected chi connectivity index (χ4v) is 3.39. The first-order valence-electron chi connectivity index (χ1n) is 9.52. The number of aromatic nitrogens is 1. The van der Waals surface area contributed by atoms with Gasteiger partial charge in [0.1, 0.15) is 22.2 Å². The van der Waals surface area contributed by atoms with Gasteiger partial charge in [-0.25, -0.2) is 9.78 Å². The topological polar surface area (TPSA) is 92.8 Å². The molecule has 1 aromatic heterocycles. The molecule has 0 saturated heterocycles. The molecule has 0 fully saturated rings. The standard InChI is InChI=1S/C20H28N4O4S/c1-5-9-21-19(25)16-13-29-18(22-16)12-24(10-6-2)20(26)23-15-8-7-14(27-3)11-17(15)28-4/h7-8,11,13H,5-6,9-10,12H2,1-4H3,(H,21,25)(H,23,26). The van der Waals surface area contributed by atoms with Gasteiger partial charge < -0.3 is 25.0 Å². The van der Waals surface area contributed by atoms with Gasteiger partial charge in [-0.2, -0.15) is 0 Å². The van der Waals surface area contributed by atoms with Crippen molar-refractivity contribution < 1.29 is 19.1 Å². The second-order valence-corrected chi connectivity index (χ2v) is 7.24. The quantitative estimate of drug-likeness (QED) is 0.611. The van der Waals surface area contributed by atoms with Crippen molar-refractivity contribution in [2.75, 3.05) is 32.6 Å². The highest BCUT2D eigenvalue weighted by molar-refractivity contribution is 7.09. The van der Waals surface area contributed by atoms with E-state index in [1.807, 2.05) is 13.8 Å². The van der Waals surface area contributed by atoms with Crippen molar-refractivity contribution >= 4 is 29.0 Å². The minimum absolute atomic E-state index is 0.191. The van der Waals surface area contributed by atoms with E-state index in [2.05, 4.69) is 15.6 Å². The molecule has 0 bridgehead atoms. The molecule has 9 heteroatoms. The predicted octanol–water partition coefficient (Wildman–Crippen LogP) is 3.74. The number of carbonyl (C=O) groups is 2. The van der Waals surface area contributed by atoms with E-state index in [0.29, 0.717) is 47.5 Å². The fourth-order valence-electron chi connectivity index (χ4n) is 2.60. The number of hydrogen-bond acceptors (Lipinski definition) is 6. The van der Waals surface area contributed by atoms with Gasteiger partial charge in [0.05, 0.1) is 26.5 Å². The van der Waals surface area contributed by atoms with E-state index in [0.717, 1.165) is 12.8 Å². The van der Waals surface area contributed by atoms with E-state index in [4.69, 9.17) is 9.47 Å². The van der Waals surface area contributed by atoms with Crippen LogP contribution in [0.1, 0.15) is 42.2 Å². The Balaban J connectivity index is 2.08. The van der Waals surface area contributed by atoms with Gasteiger partial charge in [-0.05, 0) is 25.0 Å². The number of nitrogens with one attached hydrogen (secondary N) is 2. The third kappa shape index (κ3) is 6.35. The zero-order valence-electron chi connectivity index (χ0n) is 17.3. The third-order valence-corrected chi connectivity index (χ3v) is 4.91. The smallest absolute Gasteiger partial charge is 0.322 e. The summed E-state index contributed by atoms with van der Waals surface area (Å²) in [7, 11) is 3.11. The molecule has 0 aliphatic carbocycles. The summed E-state index contributed by atoms with van der Waals surface area (Å²) in [6.45, 7) is 5.48. The highest BCUT2D eigenvalue weighted by Gasteiger charge is 2.18. The van der Waals surface area contributed by atoms with Crippen LogP contribution in [0.3, 0.4) is 0 Å². The fraction of sp³-hybridized carbons (Fsp3) is 0.450. The molecule has 0 spiro atoms. The summed E-state index contributed by atoms with van der Waals surface area (Å²) in [5.74, 6) is 0.962. The summed E-state index contributed by atoms with van der Waals surface area (Å²) in [5, 5.41) is 8.11. The number of benzene rings is 1. The number of carbonyl (C=O) groups excluding carboxylic acids is 2. The number of amides is 3. The van der Waals surface area contributed by atoms with Crippen LogP contribution in [-0.4, -0.2) is 49.1 Å². The Bertz CT molecular complexity index is 825. The summed E-state index contributed by atoms with van der Waals surface area (Å²) < 4.78 is 10.5. The maximum atomic E-state index is 12.8. The molecule has 0 unspecified atom stereocenters. The highest BCUT2D eigenvalue weighted by atomic mass is 32.1. The predicted molar refractivity (Wildman–Crippen MR) is 114 cm³/mol. The van der Waals surface area contributed by atoms with E-state index < -0.39 is 0 Å². The van der Waals surface area contributed by atoms with Crippen molar-refractivity contribution in [1.29, 1.82) is 0 Å². The molecular weight excluding hydrogens is 392 g/mol. The summed E-state index contributed by atoms with van der Waals surface area (Å²) in [5.41, 5.74) is 0.935. The molecular formula is C20H28N4O4S. The molecule has 0 radical (unpaired) electrons. The molecule has 1 aromatic carbocycles. The van der Waals surface area contributed by atoms with Gasteiger partial charge in [0.15, 0.2) is 0 Å². The first-order valence-corrected chi connectivity index (χ1v) is 10.4. The Labute approximate surface area is 175 Å². The van der Waals surface area contributed by atoms with Crippen LogP contribution in [0.5, 0.6) is 11.5 Å². The number of nitrogens with zero attached hydrogens (tertiary/aromatic N) is 2. The Hall–Kier alpha value is -2.81. The molecule has 0 saturated carbocycles. The molecule has 0 aliphatic heterocycles. The number of ether oxygens (including phenoxy) is 2. The number of anilines is 1. The zero-order chi connectivity index (χ0) is 21.2. The van der Waals surface area contributed by atoms with Crippen molar-refractivity contribution in [2.24, 2.45) is 0 Å². The number of rotatable bonds is 10. The maximum Gasteiger partial charge on any atom is 0.322 e. The lowest BCUT2D eigenvalue weighted by Gasteiger charge is -2.22. The lowest BCUT2D eigenvalue weighted by atomic mass is 10.2. The first-order chi connectivity index (χ1) is 14.0. The number of hydrogen-bond donors (Lipinski definition) is 2.